The molecular weight excluding hydrogens is 312 g/mol. The minimum atomic E-state index is 0.725. The van der Waals surface area contributed by atoms with Gasteiger partial charge in [-0.3, -0.25) is 9.80 Å². The molecule has 0 bridgehead atoms. The lowest BCUT2D eigenvalue weighted by molar-refractivity contribution is 0.0242. The molecule has 6 heteroatoms. The Hall–Kier alpha value is -1.92. The highest BCUT2D eigenvalue weighted by atomic mass is 15.4. The van der Waals surface area contributed by atoms with E-state index in [1.165, 1.54) is 31.6 Å². The van der Waals surface area contributed by atoms with Crippen molar-refractivity contribution in [3.63, 3.8) is 0 Å². The third-order valence-corrected chi connectivity index (χ3v) is 5.81. The van der Waals surface area contributed by atoms with Crippen LogP contribution in [0, 0.1) is 0 Å². The van der Waals surface area contributed by atoms with Crippen molar-refractivity contribution in [1.82, 2.24) is 24.3 Å². The standard InChI is InChI=1S/C19H26N6/c1-2-6-21-19(3-1)24-9-7-23(8-10-24)18-13-22(14-18)12-17-11-20-15-25(17)16-4-5-16/h1-3,6,11,15-16,18H,4-5,7-10,12-14H2. The maximum atomic E-state index is 4.48. The minimum absolute atomic E-state index is 0.725. The van der Waals surface area contributed by atoms with Gasteiger partial charge in [-0.15, -0.1) is 0 Å². The first kappa shape index (κ1) is 15.3. The first-order chi connectivity index (χ1) is 12.4. The van der Waals surface area contributed by atoms with Gasteiger partial charge < -0.3 is 9.47 Å². The zero-order valence-corrected chi connectivity index (χ0v) is 14.7. The molecular formula is C19H26N6. The van der Waals surface area contributed by atoms with E-state index in [1.807, 2.05) is 18.6 Å². The van der Waals surface area contributed by atoms with Crippen LogP contribution in [0.15, 0.2) is 36.9 Å². The lowest BCUT2D eigenvalue weighted by Gasteiger charge is -2.48. The summed E-state index contributed by atoms with van der Waals surface area (Å²) in [4.78, 5) is 16.5. The van der Waals surface area contributed by atoms with Gasteiger partial charge in [-0.2, -0.15) is 0 Å². The van der Waals surface area contributed by atoms with Crippen molar-refractivity contribution in [2.45, 2.75) is 31.5 Å². The second kappa shape index (κ2) is 6.42. The molecule has 2 saturated heterocycles. The summed E-state index contributed by atoms with van der Waals surface area (Å²) < 4.78 is 2.39. The Morgan fingerprint density at radius 2 is 1.84 bits per heavy atom. The molecule has 0 amide bonds. The van der Waals surface area contributed by atoms with Crippen LogP contribution in [0.3, 0.4) is 0 Å². The van der Waals surface area contributed by atoms with Crippen LogP contribution in [0.25, 0.3) is 0 Å². The Labute approximate surface area is 149 Å². The van der Waals surface area contributed by atoms with E-state index in [0.29, 0.717) is 0 Å². The number of hydrogen-bond donors (Lipinski definition) is 0. The average molecular weight is 338 g/mol. The van der Waals surface area contributed by atoms with E-state index in [0.717, 1.165) is 50.6 Å². The van der Waals surface area contributed by atoms with E-state index >= 15 is 0 Å². The minimum Gasteiger partial charge on any atom is -0.354 e. The predicted octanol–water partition coefficient (Wildman–Crippen LogP) is 1.62. The number of pyridine rings is 1. The average Bonchev–Trinajstić information content (AvgIpc) is 3.37. The molecule has 25 heavy (non-hydrogen) atoms. The molecule has 3 aliphatic rings. The van der Waals surface area contributed by atoms with Gasteiger partial charge in [-0.1, -0.05) is 6.07 Å². The predicted molar refractivity (Wildman–Crippen MR) is 97.6 cm³/mol. The Morgan fingerprint density at radius 1 is 1.00 bits per heavy atom. The monoisotopic (exact) mass is 338 g/mol. The summed E-state index contributed by atoms with van der Waals surface area (Å²) in [7, 11) is 0. The summed E-state index contributed by atoms with van der Waals surface area (Å²) >= 11 is 0. The van der Waals surface area contributed by atoms with E-state index in [4.69, 9.17) is 0 Å². The van der Waals surface area contributed by atoms with Crippen LogP contribution in [0.1, 0.15) is 24.6 Å². The zero-order chi connectivity index (χ0) is 16.6. The first-order valence-electron chi connectivity index (χ1n) is 9.50. The van der Waals surface area contributed by atoms with E-state index in [2.05, 4.69) is 47.6 Å². The molecule has 2 aromatic rings. The fourth-order valence-electron chi connectivity index (χ4n) is 4.12. The first-order valence-corrected chi connectivity index (χ1v) is 9.50. The molecule has 2 aromatic heterocycles. The number of imidazole rings is 1. The molecule has 4 heterocycles. The Balaban J connectivity index is 1.10. The fraction of sp³-hybridized carbons (Fsp3) is 0.579. The number of likely N-dealkylation sites (tertiary alicyclic amines) is 1. The maximum Gasteiger partial charge on any atom is 0.128 e. The van der Waals surface area contributed by atoms with Crippen LogP contribution in [0.4, 0.5) is 5.82 Å². The largest absolute Gasteiger partial charge is 0.354 e. The smallest absolute Gasteiger partial charge is 0.128 e. The van der Waals surface area contributed by atoms with Crippen molar-refractivity contribution in [2.75, 3.05) is 44.2 Å². The highest BCUT2D eigenvalue weighted by Crippen LogP contribution is 2.36. The van der Waals surface area contributed by atoms with Crippen LogP contribution < -0.4 is 4.90 Å². The molecule has 0 unspecified atom stereocenters. The van der Waals surface area contributed by atoms with Crippen LogP contribution >= 0.6 is 0 Å². The number of nitrogens with zero attached hydrogens (tertiary/aromatic N) is 6. The summed E-state index contributed by atoms with van der Waals surface area (Å²) in [5.74, 6) is 1.12. The number of piperazine rings is 1. The second-order valence-corrected chi connectivity index (χ2v) is 7.58. The number of hydrogen-bond acceptors (Lipinski definition) is 5. The van der Waals surface area contributed by atoms with Gasteiger partial charge in [0, 0.05) is 70.3 Å². The molecule has 0 N–H and O–H groups in total. The second-order valence-electron chi connectivity index (χ2n) is 7.58. The van der Waals surface area contributed by atoms with Crippen molar-refractivity contribution >= 4 is 5.82 Å². The quantitative estimate of drug-likeness (QED) is 0.829. The SMILES string of the molecule is c1ccc(N2CCN(C3CN(Cc4cncn4C4CC4)C3)CC2)nc1. The molecule has 0 spiro atoms. The highest BCUT2D eigenvalue weighted by molar-refractivity contribution is 5.38. The van der Waals surface area contributed by atoms with Crippen LogP contribution in [-0.4, -0.2) is 69.6 Å². The van der Waals surface area contributed by atoms with Gasteiger partial charge in [0.15, 0.2) is 0 Å². The van der Waals surface area contributed by atoms with Crippen molar-refractivity contribution in [3.05, 3.63) is 42.6 Å². The third-order valence-electron chi connectivity index (χ3n) is 5.81. The summed E-state index contributed by atoms with van der Waals surface area (Å²) in [6.45, 7) is 7.91. The normalized spacial score (nSPS) is 23.0. The number of rotatable bonds is 5. The van der Waals surface area contributed by atoms with Gasteiger partial charge in [0.25, 0.3) is 0 Å². The lowest BCUT2D eigenvalue weighted by Crippen LogP contribution is -2.62. The molecule has 1 saturated carbocycles. The Bertz CT molecular complexity index is 696. The third kappa shape index (κ3) is 3.16. The van der Waals surface area contributed by atoms with Crippen molar-refractivity contribution in [1.29, 1.82) is 0 Å². The fourth-order valence-corrected chi connectivity index (χ4v) is 4.12. The molecule has 0 radical (unpaired) electrons. The van der Waals surface area contributed by atoms with Crippen LogP contribution in [0.2, 0.25) is 0 Å². The zero-order valence-electron chi connectivity index (χ0n) is 14.7. The lowest BCUT2D eigenvalue weighted by atomic mass is 10.1. The van der Waals surface area contributed by atoms with E-state index in [9.17, 15) is 0 Å². The van der Waals surface area contributed by atoms with Crippen molar-refractivity contribution in [3.8, 4) is 0 Å². The van der Waals surface area contributed by atoms with Gasteiger partial charge >= 0.3 is 0 Å². The maximum absolute atomic E-state index is 4.48. The van der Waals surface area contributed by atoms with E-state index in [-0.39, 0.29) is 0 Å². The molecule has 132 valence electrons. The van der Waals surface area contributed by atoms with Gasteiger partial charge in [-0.05, 0) is 25.0 Å². The highest BCUT2D eigenvalue weighted by Gasteiger charge is 2.34. The van der Waals surface area contributed by atoms with Crippen LogP contribution in [0.5, 0.6) is 0 Å². The summed E-state index contributed by atoms with van der Waals surface area (Å²) in [5, 5.41) is 0. The van der Waals surface area contributed by atoms with Gasteiger partial charge in [0.1, 0.15) is 5.82 Å². The summed E-state index contributed by atoms with van der Waals surface area (Å²) in [6, 6.07) is 7.63. The van der Waals surface area contributed by atoms with Crippen molar-refractivity contribution in [2.24, 2.45) is 0 Å². The number of aromatic nitrogens is 3. The van der Waals surface area contributed by atoms with E-state index in [1.54, 1.807) is 0 Å². The molecule has 5 rings (SSSR count). The number of anilines is 1. The van der Waals surface area contributed by atoms with Crippen LogP contribution in [-0.2, 0) is 6.54 Å². The molecule has 2 aliphatic heterocycles. The Morgan fingerprint density at radius 3 is 2.56 bits per heavy atom. The molecule has 6 nitrogen and oxygen atoms in total. The van der Waals surface area contributed by atoms with Crippen molar-refractivity contribution < 1.29 is 0 Å². The van der Waals surface area contributed by atoms with Gasteiger partial charge in [0.05, 0.1) is 12.0 Å². The van der Waals surface area contributed by atoms with Gasteiger partial charge in [-0.25, -0.2) is 9.97 Å². The molecule has 0 atom stereocenters. The Kier molecular flexibility index (Phi) is 3.94. The molecule has 3 fully saturated rings. The summed E-state index contributed by atoms with van der Waals surface area (Å²) in [6.07, 6.45) is 8.61. The molecule has 0 aromatic carbocycles. The molecule has 1 aliphatic carbocycles. The van der Waals surface area contributed by atoms with Gasteiger partial charge in [0.2, 0.25) is 0 Å². The topological polar surface area (TPSA) is 40.4 Å². The van der Waals surface area contributed by atoms with E-state index < -0.39 is 0 Å². The summed E-state index contributed by atoms with van der Waals surface area (Å²) in [5.41, 5.74) is 1.39.